The van der Waals surface area contributed by atoms with Gasteiger partial charge < -0.3 is 39.5 Å². The molecule has 316 valence electrons. The Bertz CT molecular complexity index is 2340. The minimum atomic E-state index is -1.14. The first kappa shape index (κ1) is 44.0. The lowest BCUT2D eigenvalue weighted by atomic mass is 10.1. The maximum Gasteiger partial charge on any atom is 0.278 e. The molecule has 5 heterocycles. The number of hydroxylamine groups is 2. The van der Waals surface area contributed by atoms with Crippen molar-refractivity contribution in [1.82, 2.24) is 20.1 Å². The van der Waals surface area contributed by atoms with Crippen LogP contribution in [-0.4, -0.2) is 75.6 Å². The molecular formula is C39H42Br2F2N6O10. The van der Waals surface area contributed by atoms with Crippen molar-refractivity contribution in [3.05, 3.63) is 112 Å². The van der Waals surface area contributed by atoms with Gasteiger partial charge in [0, 0.05) is 45.6 Å². The van der Waals surface area contributed by atoms with E-state index in [0.717, 1.165) is 6.42 Å². The van der Waals surface area contributed by atoms with Gasteiger partial charge in [0.05, 0.1) is 47.1 Å². The van der Waals surface area contributed by atoms with E-state index >= 15 is 0 Å². The summed E-state index contributed by atoms with van der Waals surface area (Å²) in [5.74, 6) is -2.92. The predicted molar refractivity (Wildman–Crippen MR) is 218 cm³/mol. The predicted octanol–water partition coefficient (Wildman–Crippen LogP) is 4.71. The number of fused-ring (bicyclic) bond motifs is 2. The molecular weight excluding hydrogens is 910 g/mol. The second kappa shape index (κ2) is 19.2. The average Bonchev–Trinajstić information content (AvgIpc) is 3.95. The van der Waals surface area contributed by atoms with Crippen LogP contribution in [0.1, 0.15) is 58.8 Å². The zero-order valence-corrected chi connectivity index (χ0v) is 35.1. The molecule has 3 aliphatic rings. The number of benzene rings is 2. The number of hydrogen-bond donors (Lipinski definition) is 6. The Labute approximate surface area is 353 Å². The second-order valence-electron chi connectivity index (χ2n) is 14.2. The molecule has 4 aromatic rings. The van der Waals surface area contributed by atoms with E-state index in [9.17, 15) is 33.1 Å². The van der Waals surface area contributed by atoms with Crippen molar-refractivity contribution >= 4 is 66.4 Å². The van der Waals surface area contributed by atoms with Crippen molar-refractivity contribution in [2.75, 3.05) is 37.1 Å². The highest BCUT2D eigenvalue weighted by Crippen LogP contribution is 2.31. The lowest BCUT2D eigenvalue weighted by Crippen LogP contribution is -2.33. The average molecular weight is 953 g/mol. The maximum absolute atomic E-state index is 14.4. The fourth-order valence-electron chi connectivity index (χ4n) is 6.79. The second-order valence-corrected chi connectivity index (χ2v) is 16.0. The summed E-state index contributed by atoms with van der Waals surface area (Å²) in [5.41, 5.74) is 6.25. The van der Waals surface area contributed by atoms with Crippen LogP contribution < -0.4 is 32.7 Å². The van der Waals surface area contributed by atoms with Crippen LogP contribution in [0.2, 0.25) is 0 Å². The van der Waals surface area contributed by atoms with Gasteiger partial charge in [-0.05, 0) is 75.9 Å². The molecule has 59 heavy (non-hydrogen) atoms. The molecule has 2 amide bonds. The van der Waals surface area contributed by atoms with Crippen molar-refractivity contribution < 1.29 is 47.7 Å². The number of aromatic nitrogens is 2. The van der Waals surface area contributed by atoms with Crippen molar-refractivity contribution in [2.45, 2.75) is 70.6 Å². The Morgan fingerprint density at radius 1 is 0.831 bits per heavy atom. The standard InChI is InChI=1S/C21H23BrFN3O5.C18H19BrFN3O5/c1-21(2)29-10-13(31-21)11-30-25-20(28)19-16(9-18(27)26-7-3-4-17(19)26)24-15-6-5-12(22)8-14(15)23;19-10-3-4-13(12(20)6-10)21-14-7-16(26)23-5-1-2-15(23)17(14)18(27)22-28-9-11(25)8-24/h5-6,8-9,13,24H,3-4,7,10-11H2,1-2H3,(H,25,28);3-4,6-7,11,21,24-25H,1-2,5,8-9H2,(H,22,27). The number of amides is 2. The number of carbonyl (C=O) groups excluding carboxylic acids is 2. The highest BCUT2D eigenvalue weighted by molar-refractivity contribution is 9.10. The first-order valence-corrected chi connectivity index (χ1v) is 20.1. The van der Waals surface area contributed by atoms with Crippen LogP contribution in [0.3, 0.4) is 0 Å². The summed E-state index contributed by atoms with van der Waals surface area (Å²) in [5, 5.41) is 23.8. The third-order valence-electron chi connectivity index (χ3n) is 9.43. The van der Waals surface area contributed by atoms with E-state index in [2.05, 4.69) is 53.5 Å². The molecule has 0 radical (unpaired) electrons. The van der Waals surface area contributed by atoms with E-state index in [-0.39, 0.29) is 64.3 Å². The van der Waals surface area contributed by atoms with Crippen LogP contribution in [0, 0.1) is 11.6 Å². The van der Waals surface area contributed by atoms with E-state index in [1.54, 1.807) is 30.5 Å². The van der Waals surface area contributed by atoms with Crippen molar-refractivity contribution in [2.24, 2.45) is 0 Å². The molecule has 2 atom stereocenters. The highest BCUT2D eigenvalue weighted by Gasteiger charge is 2.33. The summed E-state index contributed by atoms with van der Waals surface area (Å²) >= 11 is 6.39. The van der Waals surface area contributed by atoms with Gasteiger partial charge in [-0.25, -0.2) is 19.7 Å². The number of anilines is 4. The largest absolute Gasteiger partial charge is 0.394 e. The molecule has 2 aromatic carbocycles. The molecule has 0 bridgehead atoms. The smallest absolute Gasteiger partial charge is 0.278 e. The number of nitrogens with zero attached hydrogens (tertiary/aromatic N) is 2. The Kier molecular flexibility index (Phi) is 14.4. The number of pyridine rings is 2. The number of carbonyl (C=O) groups is 2. The number of halogens is 4. The van der Waals surface area contributed by atoms with E-state index in [1.165, 1.54) is 41.0 Å². The number of aliphatic hydroxyl groups excluding tert-OH is 2. The Morgan fingerprint density at radius 3 is 1.76 bits per heavy atom. The zero-order valence-electron chi connectivity index (χ0n) is 31.9. The summed E-state index contributed by atoms with van der Waals surface area (Å²) in [7, 11) is 0. The molecule has 1 saturated heterocycles. The fraction of sp³-hybridized carbons (Fsp3) is 0.385. The Hall–Kier alpha value is -4.54. The topological polar surface area (TPSA) is 204 Å². The molecule has 0 aliphatic carbocycles. The van der Waals surface area contributed by atoms with Crippen molar-refractivity contribution in [1.29, 1.82) is 0 Å². The Balaban J connectivity index is 0.000000199. The molecule has 2 aromatic heterocycles. The van der Waals surface area contributed by atoms with Gasteiger partial charge in [-0.2, -0.15) is 0 Å². The molecule has 0 saturated carbocycles. The molecule has 6 N–H and O–H groups in total. The molecule has 1 fully saturated rings. The van der Waals surface area contributed by atoms with Gasteiger partial charge in [-0.3, -0.25) is 28.9 Å². The number of aliphatic hydroxyl groups is 2. The van der Waals surface area contributed by atoms with Gasteiger partial charge >= 0.3 is 0 Å². The SMILES string of the molecule is CC1(C)OCC(CONC(=O)c2c(Nc3ccc(Br)cc3F)cc(=O)n3c2CCC3)O1.O=C(NOCC(O)CO)c1c(Nc2ccc(Br)cc2F)cc(=O)n2c1CCC2. The van der Waals surface area contributed by atoms with Crippen LogP contribution in [0.4, 0.5) is 31.5 Å². The van der Waals surface area contributed by atoms with Gasteiger partial charge in [0.25, 0.3) is 22.9 Å². The number of rotatable bonds is 13. The fourth-order valence-corrected chi connectivity index (χ4v) is 7.46. The zero-order chi connectivity index (χ0) is 42.4. The van der Waals surface area contributed by atoms with Crippen LogP contribution in [0.5, 0.6) is 0 Å². The molecule has 16 nitrogen and oxygen atoms in total. The summed E-state index contributed by atoms with van der Waals surface area (Å²) < 4.78 is 43.9. The molecule has 2 unspecified atom stereocenters. The van der Waals surface area contributed by atoms with Crippen LogP contribution in [-0.2, 0) is 45.1 Å². The van der Waals surface area contributed by atoms with Gasteiger partial charge in [0.2, 0.25) is 0 Å². The first-order valence-electron chi connectivity index (χ1n) is 18.6. The summed E-state index contributed by atoms with van der Waals surface area (Å²) in [6.45, 7) is 4.27. The third kappa shape index (κ3) is 10.8. The van der Waals surface area contributed by atoms with E-state index in [0.29, 0.717) is 59.3 Å². The van der Waals surface area contributed by atoms with Gasteiger partial charge in [-0.1, -0.05) is 31.9 Å². The summed E-state index contributed by atoms with van der Waals surface area (Å²) in [6.07, 6.45) is 1.07. The monoisotopic (exact) mass is 950 g/mol. The molecule has 3 aliphatic heterocycles. The molecule has 0 spiro atoms. The van der Waals surface area contributed by atoms with Gasteiger partial charge in [-0.15, -0.1) is 0 Å². The number of nitrogens with one attached hydrogen (secondary N) is 4. The third-order valence-corrected chi connectivity index (χ3v) is 10.4. The molecule has 7 rings (SSSR count). The minimum Gasteiger partial charge on any atom is -0.394 e. The van der Waals surface area contributed by atoms with E-state index in [4.69, 9.17) is 24.3 Å². The van der Waals surface area contributed by atoms with Crippen molar-refractivity contribution in [3.63, 3.8) is 0 Å². The van der Waals surface area contributed by atoms with Crippen LogP contribution in [0.15, 0.2) is 67.1 Å². The highest BCUT2D eigenvalue weighted by atomic mass is 79.9. The number of ether oxygens (including phenoxy) is 2. The molecule has 20 heteroatoms. The Morgan fingerprint density at radius 2 is 1.32 bits per heavy atom. The minimum absolute atomic E-state index is 0.105. The van der Waals surface area contributed by atoms with Crippen LogP contribution >= 0.6 is 31.9 Å². The number of hydrogen-bond acceptors (Lipinski definition) is 12. The quantitative estimate of drug-likeness (QED) is 0.101. The summed E-state index contributed by atoms with van der Waals surface area (Å²) in [6, 6.07) is 11.4. The van der Waals surface area contributed by atoms with Crippen LogP contribution in [0.25, 0.3) is 0 Å². The van der Waals surface area contributed by atoms with E-state index < -0.39 is 41.9 Å². The van der Waals surface area contributed by atoms with Gasteiger partial charge in [0.1, 0.15) is 37.1 Å². The first-order chi connectivity index (χ1) is 28.1. The summed E-state index contributed by atoms with van der Waals surface area (Å²) in [4.78, 5) is 60.9. The van der Waals surface area contributed by atoms with Gasteiger partial charge in [0.15, 0.2) is 5.79 Å². The lowest BCUT2D eigenvalue weighted by molar-refractivity contribution is -0.147. The maximum atomic E-state index is 14.4. The van der Waals surface area contributed by atoms with E-state index in [1.807, 2.05) is 0 Å². The normalized spacial score (nSPS) is 16.7. The van der Waals surface area contributed by atoms with Crippen molar-refractivity contribution in [3.8, 4) is 0 Å². The lowest BCUT2D eigenvalue weighted by Gasteiger charge is -2.18.